The second-order valence-corrected chi connectivity index (χ2v) is 10.7. The van der Waals surface area contributed by atoms with E-state index in [2.05, 4.69) is 37.5 Å². The molecular formula is C27H36FN5O2. The second kappa shape index (κ2) is 9.06. The predicted molar refractivity (Wildman–Crippen MR) is 136 cm³/mol. The van der Waals surface area contributed by atoms with Gasteiger partial charge in [-0.15, -0.1) is 0 Å². The van der Waals surface area contributed by atoms with Crippen molar-refractivity contribution >= 4 is 16.7 Å². The van der Waals surface area contributed by atoms with Crippen LogP contribution in [0.3, 0.4) is 0 Å². The largest absolute Gasteiger partial charge is 0.364 e. The van der Waals surface area contributed by atoms with Crippen LogP contribution in [-0.2, 0) is 17.3 Å². The summed E-state index contributed by atoms with van der Waals surface area (Å²) < 4.78 is 23.1. The Morgan fingerprint density at radius 1 is 1.09 bits per heavy atom. The van der Waals surface area contributed by atoms with Crippen LogP contribution < -0.4 is 10.5 Å². The zero-order valence-corrected chi connectivity index (χ0v) is 21.4. The minimum atomic E-state index is -0.254. The Bertz CT molecular complexity index is 1260. The Morgan fingerprint density at radius 2 is 1.83 bits per heavy atom. The molecule has 1 aromatic carbocycles. The number of benzene rings is 1. The molecule has 0 saturated carbocycles. The van der Waals surface area contributed by atoms with Crippen molar-refractivity contribution in [3.8, 4) is 0 Å². The van der Waals surface area contributed by atoms with Gasteiger partial charge in [0.1, 0.15) is 17.6 Å². The van der Waals surface area contributed by atoms with E-state index >= 15 is 0 Å². The molecule has 35 heavy (non-hydrogen) atoms. The predicted octanol–water partition coefficient (Wildman–Crippen LogP) is 4.41. The van der Waals surface area contributed by atoms with Crippen LogP contribution in [-0.4, -0.2) is 51.0 Å². The molecule has 4 heterocycles. The SMILES string of the molecule is C[C@@H]1CN(c2cc(=O)n(C)c3cn(C4CCCCO4)nc23)[C@@H](C)CN1C(C)(C)c1ccc(F)cc1. The summed E-state index contributed by atoms with van der Waals surface area (Å²) in [6.07, 6.45) is 5.01. The van der Waals surface area contributed by atoms with Crippen molar-refractivity contribution in [2.45, 2.75) is 70.8 Å². The third-order valence-corrected chi connectivity index (χ3v) is 7.92. The second-order valence-electron chi connectivity index (χ2n) is 10.7. The van der Waals surface area contributed by atoms with Crippen LogP contribution in [0.5, 0.6) is 0 Å². The minimum Gasteiger partial charge on any atom is -0.364 e. The Morgan fingerprint density at radius 3 is 2.51 bits per heavy atom. The van der Waals surface area contributed by atoms with Crippen LogP contribution in [0.1, 0.15) is 58.7 Å². The number of rotatable bonds is 4. The molecular weight excluding hydrogens is 445 g/mol. The van der Waals surface area contributed by atoms with Crippen molar-refractivity contribution in [1.82, 2.24) is 19.2 Å². The monoisotopic (exact) mass is 481 g/mol. The summed E-state index contributed by atoms with van der Waals surface area (Å²) >= 11 is 0. The third-order valence-electron chi connectivity index (χ3n) is 7.92. The van der Waals surface area contributed by atoms with E-state index in [1.54, 1.807) is 17.7 Å². The molecule has 2 aromatic heterocycles. The number of aromatic nitrogens is 3. The van der Waals surface area contributed by atoms with Crippen molar-refractivity contribution in [3.05, 3.63) is 58.3 Å². The molecule has 188 valence electrons. The van der Waals surface area contributed by atoms with E-state index in [1.165, 1.54) is 12.1 Å². The van der Waals surface area contributed by atoms with Crippen molar-refractivity contribution in [2.75, 3.05) is 24.6 Å². The minimum absolute atomic E-state index is 0.0365. The normalized spacial score (nSPS) is 24.3. The van der Waals surface area contributed by atoms with Crippen molar-refractivity contribution in [1.29, 1.82) is 0 Å². The number of nitrogens with zero attached hydrogens (tertiary/aromatic N) is 5. The number of hydrogen-bond donors (Lipinski definition) is 0. The van der Waals surface area contributed by atoms with Crippen LogP contribution in [0.4, 0.5) is 10.1 Å². The molecule has 0 spiro atoms. The smallest absolute Gasteiger partial charge is 0.252 e. The van der Waals surface area contributed by atoms with Gasteiger partial charge >= 0.3 is 0 Å². The fourth-order valence-corrected chi connectivity index (χ4v) is 5.77. The molecule has 8 heteroatoms. The van der Waals surface area contributed by atoms with Gasteiger partial charge in [-0.3, -0.25) is 9.69 Å². The van der Waals surface area contributed by atoms with E-state index in [4.69, 9.17) is 9.84 Å². The number of fused-ring (bicyclic) bond motifs is 1. The quantitative estimate of drug-likeness (QED) is 0.553. The van der Waals surface area contributed by atoms with Crippen LogP contribution in [0.2, 0.25) is 0 Å². The van der Waals surface area contributed by atoms with Gasteiger partial charge in [-0.25, -0.2) is 9.07 Å². The summed E-state index contributed by atoms with van der Waals surface area (Å²) in [6.45, 7) is 11.1. The molecule has 0 aliphatic carbocycles. The van der Waals surface area contributed by atoms with Crippen molar-refractivity contribution in [2.24, 2.45) is 7.05 Å². The highest BCUT2D eigenvalue weighted by molar-refractivity contribution is 5.88. The maximum atomic E-state index is 13.5. The highest BCUT2D eigenvalue weighted by Crippen LogP contribution is 2.36. The van der Waals surface area contributed by atoms with Gasteiger partial charge < -0.3 is 14.2 Å². The van der Waals surface area contributed by atoms with Gasteiger partial charge in [0.15, 0.2) is 0 Å². The summed E-state index contributed by atoms with van der Waals surface area (Å²) in [5, 5.41) is 4.94. The standard InChI is InChI=1S/C27H36FN5O2/c1-18-16-32(27(3,4)20-9-11-21(28)12-10-20)19(2)15-31(18)22-14-24(34)30(5)23-17-33(29-26(22)23)25-8-6-7-13-35-25/h9-12,14,17-19,25H,6-8,13,15-16H2,1-5H3/t18-,19+,25?/m0/s1. The maximum Gasteiger partial charge on any atom is 0.252 e. The first-order valence-electron chi connectivity index (χ1n) is 12.7. The molecule has 0 amide bonds. The van der Waals surface area contributed by atoms with E-state index < -0.39 is 0 Å². The van der Waals surface area contributed by atoms with Crippen LogP contribution in [0.25, 0.3) is 11.0 Å². The molecule has 2 saturated heterocycles. The number of pyridine rings is 1. The summed E-state index contributed by atoms with van der Waals surface area (Å²) in [7, 11) is 1.80. The average molecular weight is 482 g/mol. The lowest BCUT2D eigenvalue weighted by Crippen LogP contribution is -2.61. The number of anilines is 1. The fraction of sp³-hybridized carbons (Fsp3) is 0.556. The highest BCUT2D eigenvalue weighted by Gasteiger charge is 2.39. The molecule has 3 aromatic rings. The van der Waals surface area contributed by atoms with E-state index in [-0.39, 0.29) is 35.2 Å². The topological polar surface area (TPSA) is 55.5 Å². The highest BCUT2D eigenvalue weighted by atomic mass is 19.1. The zero-order chi connectivity index (χ0) is 24.9. The number of piperazine rings is 1. The van der Waals surface area contributed by atoms with Gasteiger partial charge in [0.2, 0.25) is 0 Å². The summed E-state index contributed by atoms with van der Waals surface area (Å²) in [6, 6.07) is 8.93. The first-order chi connectivity index (χ1) is 16.7. The first kappa shape index (κ1) is 24.0. The summed E-state index contributed by atoms with van der Waals surface area (Å²) in [4.78, 5) is 17.7. The lowest BCUT2D eigenvalue weighted by molar-refractivity contribution is -0.0390. The summed E-state index contributed by atoms with van der Waals surface area (Å²) in [5.74, 6) is -0.219. The molecule has 3 atom stereocenters. The van der Waals surface area contributed by atoms with Crippen LogP contribution in [0.15, 0.2) is 41.3 Å². The molecule has 5 rings (SSSR count). The van der Waals surface area contributed by atoms with Gasteiger partial charge in [-0.1, -0.05) is 12.1 Å². The lowest BCUT2D eigenvalue weighted by Gasteiger charge is -2.51. The van der Waals surface area contributed by atoms with E-state index in [9.17, 15) is 9.18 Å². The van der Waals surface area contributed by atoms with Crippen molar-refractivity contribution in [3.63, 3.8) is 0 Å². The van der Waals surface area contributed by atoms with Gasteiger partial charge in [0, 0.05) is 50.4 Å². The molecule has 0 N–H and O–H groups in total. The van der Waals surface area contributed by atoms with E-state index in [1.807, 2.05) is 23.0 Å². The number of hydrogen-bond acceptors (Lipinski definition) is 5. The van der Waals surface area contributed by atoms with E-state index in [0.717, 1.165) is 61.2 Å². The Kier molecular flexibility index (Phi) is 6.21. The molecule has 0 bridgehead atoms. The first-order valence-corrected chi connectivity index (χ1v) is 12.7. The number of aryl methyl sites for hydroxylation is 1. The van der Waals surface area contributed by atoms with Crippen molar-refractivity contribution < 1.29 is 9.13 Å². The summed E-state index contributed by atoms with van der Waals surface area (Å²) in [5.41, 5.74) is 3.35. The number of ether oxygens (including phenoxy) is 1. The lowest BCUT2D eigenvalue weighted by atomic mass is 9.88. The Hall–Kier alpha value is -2.71. The maximum absolute atomic E-state index is 13.5. The van der Waals surface area contributed by atoms with Crippen LogP contribution >= 0.6 is 0 Å². The molecule has 7 nitrogen and oxygen atoms in total. The molecule has 0 radical (unpaired) electrons. The van der Waals surface area contributed by atoms with Gasteiger partial charge in [0.05, 0.1) is 17.4 Å². The molecule has 1 unspecified atom stereocenters. The van der Waals surface area contributed by atoms with Gasteiger partial charge in [-0.05, 0) is 64.7 Å². The van der Waals surface area contributed by atoms with Crippen LogP contribution in [0, 0.1) is 5.82 Å². The van der Waals surface area contributed by atoms with Gasteiger partial charge in [-0.2, -0.15) is 5.10 Å². The molecule has 2 fully saturated rings. The number of halogens is 1. The third kappa shape index (κ3) is 4.27. The fourth-order valence-electron chi connectivity index (χ4n) is 5.77. The Balaban J connectivity index is 1.48. The Labute approximate surface area is 206 Å². The van der Waals surface area contributed by atoms with E-state index in [0.29, 0.717) is 0 Å². The molecule has 2 aliphatic heterocycles. The average Bonchev–Trinajstić information content (AvgIpc) is 3.29. The molecule has 2 aliphatic rings. The van der Waals surface area contributed by atoms with Gasteiger partial charge in [0.25, 0.3) is 5.56 Å². The zero-order valence-electron chi connectivity index (χ0n) is 21.4.